The predicted octanol–water partition coefficient (Wildman–Crippen LogP) is 3.44. The zero-order valence-corrected chi connectivity index (χ0v) is 18.3. The molecule has 170 valence electrons. The van der Waals surface area contributed by atoms with Crippen LogP contribution in [0, 0.1) is 10.1 Å². The Morgan fingerprint density at radius 1 is 1.30 bits per heavy atom. The summed E-state index contributed by atoms with van der Waals surface area (Å²) in [7, 11) is 1.34. The van der Waals surface area contributed by atoms with Crippen LogP contribution in [-0.4, -0.2) is 40.5 Å². The monoisotopic (exact) mass is 449 g/mol. The Morgan fingerprint density at radius 2 is 2.09 bits per heavy atom. The van der Waals surface area contributed by atoms with Gasteiger partial charge in [-0.05, 0) is 44.4 Å². The van der Waals surface area contributed by atoms with Crippen LogP contribution in [0.4, 0.5) is 5.69 Å². The average Bonchev–Trinajstić information content (AvgIpc) is 3.42. The van der Waals surface area contributed by atoms with E-state index in [1.807, 2.05) is 35.0 Å². The van der Waals surface area contributed by atoms with Crippen molar-refractivity contribution in [2.75, 3.05) is 13.7 Å². The van der Waals surface area contributed by atoms with E-state index < -0.39 is 10.8 Å². The third kappa shape index (κ3) is 4.40. The lowest BCUT2D eigenvalue weighted by molar-refractivity contribution is -0.385. The summed E-state index contributed by atoms with van der Waals surface area (Å²) in [6.07, 6.45) is 3.90. The number of methoxy groups -OCH3 is 1. The molecule has 0 atom stereocenters. The number of fused-ring (bicyclic) bond motifs is 1. The van der Waals surface area contributed by atoms with Crippen LogP contribution in [0.15, 0.2) is 47.6 Å². The number of aromatic nitrogens is 2. The van der Waals surface area contributed by atoms with Crippen LogP contribution in [0.2, 0.25) is 0 Å². The van der Waals surface area contributed by atoms with Gasteiger partial charge in [-0.1, -0.05) is 18.2 Å². The first kappa shape index (κ1) is 22.0. The first-order valence-corrected chi connectivity index (χ1v) is 10.5. The Hall–Kier alpha value is -4.21. The lowest BCUT2D eigenvalue weighted by atomic mass is 10.2. The maximum absolute atomic E-state index is 12.8. The highest BCUT2D eigenvalue weighted by molar-refractivity contribution is 5.95. The molecule has 2 aromatic carbocycles. The molecule has 3 aromatic rings. The minimum absolute atomic E-state index is 0.0325. The topological polar surface area (TPSA) is 121 Å². The number of nitrogens with zero attached hydrogens (tertiary/aromatic N) is 4. The molecule has 10 nitrogen and oxygen atoms in total. The molecule has 10 heteroatoms. The number of carbonyl (C=O) groups excluding carboxylic acids is 1. The summed E-state index contributed by atoms with van der Waals surface area (Å²) in [6.45, 7) is 2.07. The van der Waals surface area contributed by atoms with Gasteiger partial charge in [0.25, 0.3) is 5.91 Å². The molecule has 0 fully saturated rings. The Labute approximate surface area is 190 Å². The van der Waals surface area contributed by atoms with Crippen molar-refractivity contribution in [1.29, 1.82) is 0 Å². The highest BCUT2D eigenvalue weighted by Gasteiger charge is 2.27. The second-order valence-corrected chi connectivity index (χ2v) is 7.34. The van der Waals surface area contributed by atoms with Crippen LogP contribution >= 0.6 is 0 Å². The van der Waals surface area contributed by atoms with E-state index in [9.17, 15) is 14.9 Å². The molecule has 0 unspecified atom stereocenters. The molecule has 1 N–H and O–H groups in total. The van der Waals surface area contributed by atoms with Crippen molar-refractivity contribution in [2.45, 2.75) is 26.2 Å². The van der Waals surface area contributed by atoms with Gasteiger partial charge >= 0.3 is 5.69 Å². The van der Waals surface area contributed by atoms with Gasteiger partial charge in [-0.25, -0.2) is 10.1 Å². The zero-order chi connectivity index (χ0) is 23.4. The van der Waals surface area contributed by atoms with Crippen molar-refractivity contribution in [3.8, 4) is 17.2 Å². The Kier molecular flexibility index (Phi) is 6.34. The largest absolute Gasteiger partial charge is 0.490 e. The fraction of sp³-hybridized carbons (Fsp3) is 0.261. The third-order valence-electron chi connectivity index (χ3n) is 5.28. The number of nitro benzene ring substituents is 1. The van der Waals surface area contributed by atoms with Gasteiger partial charge in [0.15, 0.2) is 11.4 Å². The molecule has 1 amide bonds. The van der Waals surface area contributed by atoms with Gasteiger partial charge in [0.1, 0.15) is 0 Å². The third-order valence-corrected chi connectivity index (χ3v) is 5.28. The first-order chi connectivity index (χ1) is 16.0. The summed E-state index contributed by atoms with van der Waals surface area (Å²) < 4.78 is 12.4. The molecular formula is C23H23N5O5. The molecule has 1 aliphatic rings. The summed E-state index contributed by atoms with van der Waals surface area (Å²) in [4.78, 5) is 23.7. The smallest absolute Gasteiger partial charge is 0.315 e. The number of amides is 1. The van der Waals surface area contributed by atoms with E-state index in [0.29, 0.717) is 17.9 Å². The number of hydrogen-bond acceptors (Lipinski definition) is 7. The SMILES string of the molecule is CCOc1cc(/C=N/NC(=O)c2nn(-c3ccccc3)c3c2CCC3)cc([N+](=O)[O-])c1OC. The van der Waals surface area contributed by atoms with E-state index in [0.717, 1.165) is 36.2 Å². The van der Waals surface area contributed by atoms with Gasteiger partial charge in [-0.15, -0.1) is 0 Å². The van der Waals surface area contributed by atoms with Gasteiger partial charge < -0.3 is 9.47 Å². The number of ether oxygens (including phenoxy) is 2. The minimum atomic E-state index is -0.559. The summed E-state index contributed by atoms with van der Waals surface area (Å²) >= 11 is 0. The zero-order valence-electron chi connectivity index (χ0n) is 18.3. The number of hydrogen-bond donors (Lipinski definition) is 1. The molecule has 1 aliphatic carbocycles. The summed E-state index contributed by atoms with van der Waals surface area (Å²) in [6, 6.07) is 12.5. The fourth-order valence-electron chi connectivity index (χ4n) is 3.91. The fourth-order valence-corrected chi connectivity index (χ4v) is 3.91. The molecule has 0 aliphatic heterocycles. The van der Waals surface area contributed by atoms with Gasteiger partial charge in [0, 0.05) is 22.9 Å². The van der Waals surface area contributed by atoms with Crippen molar-refractivity contribution in [1.82, 2.24) is 15.2 Å². The predicted molar refractivity (Wildman–Crippen MR) is 121 cm³/mol. The van der Waals surface area contributed by atoms with Crippen LogP contribution in [0.3, 0.4) is 0 Å². The number of nitrogens with one attached hydrogen (secondary N) is 1. The number of nitro groups is 1. The lowest BCUT2D eigenvalue weighted by Crippen LogP contribution is -2.20. The average molecular weight is 449 g/mol. The van der Waals surface area contributed by atoms with E-state index >= 15 is 0 Å². The maximum atomic E-state index is 12.8. The van der Waals surface area contributed by atoms with Crippen LogP contribution in [0.25, 0.3) is 5.69 Å². The molecule has 0 saturated carbocycles. The number of para-hydroxylation sites is 1. The molecule has 0 radical (unpaired) electrons. The van der Waals surface area contributed by atoms with Crippen molar-refractivity contribution < 1.29 is 19.2 Å². The van der Waals surface area contributed by atoms with Crippen molar-refractivity contribution >= 4 is 17.8 Å². The van der Waals surface area contributed by atoms with Crippen molar-refractivity contribution in [3.63, 3.8) is 0 Å². The summed E-state index contributed by atoms with van der Waals surface area (Å²) in [5.74, 6) is -0.182. The molecule has 0 spiro atoms. The second kappa shape index (κ2) is 9.51. The molecule has 1 heterocycles. The lowest BCUT2D eigenvalue weighted by Gasteiger charge is -2.10. The number of hydrazone groups is 1. The normalized spacial score (nSPS) is 12.5. The molecule has 0 saturated heterocycles. The maximum Gasteiger partial charge on any atom is 0.315 e. The second-order valence-electron chi connectivity index (χ2n) is 7.34. The van der Waals surface area contributed by atoms with Gasteiger partial charge in [0.05, 0.1) is 30.5 Å². The highest BCUT2D eigenvalue weighted by atomic mass is 16.6. The van der Waals surface area contributed by atoms with E-state index in [1.54, 1.807) is 13.0 Å². The molecular weight excluding hydrogens is 426 g/mol. The summed E-state index contributed by atoms with van der Waals surface area (Å²) in [5.41, 5.74) is 5.79. The van der Waals surface area contributed by atoms with Crippen LogP contribution < -0.4 is 14.9 Å². The molecule has 0 bridgehead atoms. The van der Waals surface area contributed by atoms with Gasteiger partial charge in [-0.2, -0.15) is 10.2 Å². The minimum Gasteiger partial charge on any atom is -0.490 e. The van der Waals surface area contributed by atoms with E-state index in [2.05, 4.69) is 15.6 Å². The number of benzene rings is 2. The van der Waals surface area contributed by atoms with Crippen molar-refractivity contribution in [2.24, 2.45) is 5.10 Å². The van der Waals surface area contributed by atoms with Gasteiger partial charge in [-0.3, -0.25) is 14.9 Å². The van der Waals surface area contributed by atoms with Crippen LogP contribution in [0.1, 0.15) is 40.7 Å². The summed E-state index contributed by atoms with van der Waals surface area (Å²) in [5, 5.41) is 19.9. The molecule has 1 aromatic heterocycles. The standard InChI is InChI=1S/C23H23N5O5/c1-3-33-20-13-15(12-19(28(30)31)22(20)32-2)14-24-25-23(29)21-17-10-7-11-18(17)27(26-21)16-8-5-4-6-9-16/h4-6,8-9,12-14H,3,7,10-11H2,1-2H3,(H,25,29)/b24-14+. The van der Waals surface area contributed by atoms with Gasteiger partial charge in [0.2, 0.25) is 5.75 Å². The number of rotatable bonds is 8. The van der Waals surface area contributed by atoms with Crippen LogP contribution in [-0.2, 0) is 12.8 Å². The van der Waals surface area contributed by atoms with E-state index in [4.69, 9.17) is 9.47 Å². The van der Waals surface area contributed by atoms with E-state index in [-0.39, 0.29) is 17.2 Å². The highest BCUT2D eigenvalue weighted by Crippen LogP contribution is 2.37. The molecule has 4 rings (SSSR count). The van der Waals surface area contributed by atoms with E-state index in [1.165, 1.54) is 19.4 Å². The Morgan fingerprint density at radius 3 is 2.79 bits per heavy atom. The quantitative estimate of drug-likeness (QED) is 0.319. The Balaban J connectivity index is 1.58. The van der Waals surface area contributed by atoms with Crippen molar-refractivity contribution in [3.05, 3.63) is 75.1 Å². The van der Waals surface area contributed by atoms with Crippen LogP contribution in [0.5, 0.6) is 11.5 Å². The molecule has 33 heavy (non-hydrogen) atoms. The Bertz CT molecular complexity index is 1220. The number of carbonyl (C=O) groups is 1. The first-order valence-electron chi connectivity index (χ1n) is 10.5.